The van der Waals surface area contributed by atoms with Gasteiger partial charge in [-0.3, -0.25) is 14.5 Å². The minimum absolute atomic E-state index is 0.00859. The Hall–Kier alpha value is -1.88. The molecule has 3 rings (SSSR count). The van der Waals surface area contributed by atoms with Crippen molar-refractivity contribution in [1.82, 2.24) is 14.7 Å². The molecule has 2 heterocycles. The van der Waals surface area contributed by atoms with Gasteiger partial charge in [0.05, 0.1) is 0 Å². The summed E-state index contributed by atoms with van der Waals surface area (Å²) in [5, 5.41) is 0. The molecule has 0 bridgehead atoms. The molecule has 0 N–H and O–H groups in total. The fraction of sp³-hybridized carbons (Fsp3) is 0.667. The van der Waals surface area contributed by atoms with Crippen LogP contribution in [-0.4, -0.2) is 72.3 Å². The first-order valence-corrected chi connectivity index (χ1v) is 11.2. The van der Waals surface area contributed by atoms with E-state index < -0.39 is 0 Å². The Bertz CT molecular complexity index is 693. The maximum atomic E-state index is 12.9. The molecule has 2 aliphatic rings. The Morgan fingerprint density at radius 3 is 2.24 bits per heavy atom. The first kappa shape index (κ1) is 21.8. The predicted octanol–water partition coefficient (Wildman–Crippen LogP) is 3.75. The summed E-state index contributed by atoms with van der Waals surface area (Å²) in [7, 11) is 1.83. The Balaban J connectivity index is 1.54. The topological polar surface area (TPSA) is 43.9 Å². The number of nitrogens with zero attached hydrogens (tertiary/aromatic N) is 3. The molecular formula is C24H37N3O2. The summed E-state index contributed by atoms with van der Waals surface area (Å²) >= 11 is 0. The van der Waals surface area contributed by atoms with Crippen molar-refractivity contribution < 1.29 is 9.59 Å². The number of hydrogen-bond acceptors (Lipinski definition) is 3. The highest BCUT2D eigenvalue weighted by Gasteiger charge is 2.29. The number of likely N-dealkylation sites (tertiary alicyclic amines) is 2. The average Bonchev–Trinajstić information content (AvgIpc) is 2.72. The van der Waals surface area contributed by atoms with E-state index >= 15 is 0 Å². The van der Waals surface area contributed by atoms with Gasteiger partial charge in [-0.15, -0.1) is 0 Å². The van der Waals surface area contributed by atoms with Crippen LogP contribution < -0.4 is 0 Å². The van der Waals surface area contributed by atoms with Gasteiger partial charge in [0.2, 0.25) is 0 Å². The van der Waals surface area contributed by atoms with Gasteiger partial charge in [-0.05, 0) is 68.3 Å². The first-order chi connectivity index (χ1) is 13.8. The Morgan fingerprint density at radius 1 is 1.03 bits per heavy atom. The lowest BCUT2D eigenvalue weighted by molar-refractivity contribution is 0.0541. The van der Waals surface area contributed by atoms with Gasteiger partial charge in [0.25, 0.3) is 11.8 Å². The molecule has 5 heteroatoms. The zero-order valence-corrected chi connectivity index (χ0v) is 18.6. The number of hydrogen-bond donors (Lipinski definition) is 0. The fourth-order valence-corrected chi connectivity index (χ4v) is 4.78. The molecule has 5 nitrogen and oxygen atoms in total. The molecule has 2 saturated heterocycles. The normalized spacial score (nSPS) is 21.4. The van der Waals surface area contributed by atoms with Crippen molar-refractivity contribution in [3.63, 3.8) is 0 Å². The molecule has 0 radical (unpaired) electrons. The highest BCUT2D eigenvalue weighted by molar-refractivity contribution is 5.97. The van der Waals surface area contributed by atoms with Crippen LogP contribution >= 0.6 is 0 Å². The second-order valence-corrected chi connectivity index (χ2v) is 9.42. The van der Waals surface area contributed by atoms with Crippen LogP contribution in [0.25, 0.3) is 0 Å². The van der Waals surface area contributed by atoms with Gasteiger partial charge in [-0.1, -0.05) is 20.8 Å². The van der Waals surface area contributed by atoms with Crippen LogP contribution in [0.4, 0.5) is 0 Å². The van der Waals surface area contributed by atoms with Crippen molar-refractivity contribution in [3.8, 4) is 0 Å². The van der Waals surface area contributed by atoms with Crippen LogP contribution in [0.15, 0.2) is 24.3 Å². The van der Waals surface area contributed by atoms with Crippen LogP contribution in [0.3, 0.4) is 0 Å². The van der Waals surface area contributed by atoms with E-state index in [0.717, 1.165) is 38.4 Å². The molecule has 1 aromatic carbocycles. The molecule has 29 heavy (non-hydrogen) atoms. The average molecular weight is 400 g/mol. The summed E-state index contributed by atoms with van der Waals surface area (Å²) in [6.07, 6.45) is 4.78. The van der Waals surface area contributed by atoms with E-state index in [2.05, 4.69) is 25.7 Å². The molecule has 0 spiro atoms. The number of benzene rings is 1. The van der Waals surface area contributed by atoms with Crippen molar-refractivity contribution in [3.05, 3.63) is 35.4 Å². The summed E-state index contributed by atoms with van der Waals surface area (Å²) in [5.41, 5.74) is 1.32. The van der Waals surface area contributed by atoms with Crippen LogP contribution in [0, 0.1) is 11.8 Å². The molecule has 0 aromatic heterocycles. The van der Waals surface area contributed by atoms with Gasteiger partial charge >= 0.3 is 0 Å². The Morgan fingerprint density at radius 2 is 1.66 bits per heavy atom. The van der Waals surface area contributed by atoms with E-state index in [1.807, 2.05) is 11.9 Å². The smallest absolute Gasteiger partial charge is 0.253 e. The zero-order chi connectivity index (χ0) is 21.0. The van der Waals surface area contributed by atoms with Gasteiger partial charge in [-0.2, -0.15) is 0 Å². The van der Waals surface area contributed by atoms with Crippen molar-refractivity contribution in [2.45, 2.75) is 52.5 Å². The van der Waals surface area contributed by atoms with E-state index in [1.165, 1.54) is 25.9 Å². The summed E-state index contributed by atoms with van der Waals surface area (Å²) in [6.45, 7) is 11.3. The van der Waals surface area contributed by atoms with E-state index in [-0.39, 0.29) is 11.8 Å². The third-order valence-corrected chi connectivity index (χ3v) is 6.32. The maximum absolute atomic E-state index is 12.9. The van der Waals surface area contributed by atoms with Gasteiger partial charge in [0, 0.05) is 50.4 Å². The SMILES string of the molecule is CC(C)CN(C)C(=O)c1ccc(C(=O)N2CCC(N3CCCC(C)C3)CC2)cc1. The standard InChI is InChI=1S/C24H37N3O2/c1-18(2)16-25(4)23(28)20-7-9-21(10-8-20)24(29)26-14-11-22(12-15-26)27-13-5-6-19(3)17-27/h7-10,18-19,22H,5-6,11-17H2,1-4H3. The summed E-state index contributed by atoms with van der Waals surface area (Å²) < 4.78 is 0. The van der Waals surface area contributed by atoms with E-state index in [4.69, 9.17) is 0 Å². The summed E-state index contributed by atoms with van der Waals surface area (Å²) in [4.78, 5) is 31.8. The van der Waals surface area contributed by atoms with E-state index in [9.17, 15) is 9.59 Å². The number of rotatable bonds is 5. The third kappa shape index (κ3) is 5.59. The monoisotopic (exact) mass is 399 g/mol. The van der Waals surface area contributed by atoms with Crippen LogP contribution in [-0.2, 0) is 0 Å². The maximum Gasteiger partial charge on any atom is 0.253 e. The lowest BCUT2D eigenvalue weighted by atomic mass is 9.95. The Labute approximate surface area is 176 Å². The lowest BCUT2D eigenvalue weighted by Crippen LogP contribution is -2.49. The van der Waals surface area contributed by atoms with Crippen LogP contribution in [0.5, 0.6) is 0 Å². The van der Waals surface area contributed by atoms with Crippen molar-refractivity contribution in [2.75, 3.05) is 39.8 Å². The summed E-state index contributed by atoms with van der Waals surface area (Å²) in [6, 6.07) is 7.80. The van der Waals surface area contributed by atoms with Gasteiger partial charge in [0.1, 0.15) is 0 Å². The molecule has 2 amide bonds. The van der Waals surface area contributed by atoms with Crippen molar-refractivity contribution in [1.29, 1.82) is 0 Å². The fourth-order valence-electron chi connectivity index (χ4n) is 4.78. The molecule has 1 atom stereocenters. The molecule has 1 unspecified atom stereocenters. The largest absolute Gasteiger partial charge is 0.341 e. The van der Waals surface area contributed by atoms with Gasteiger partial charge in [0.15, 0.2) is 0 Å². The minimum Gasteiger partial charge on any atom is -0.341 e. The second kappa shape index (κ2) is 9.75. The predicted molar refractivity (Wildman–Crippen MR) is 117 cm³/mol. The molecule has 1 aromatic rings. The minimum atomic E-state index is 0.00859. The number of amides is 2. The lowest BCUT2D eigenvalue weighted by Gasteiger charge is -2.41. The van der Waals surface area contributed by atoms with Crippen LogP contribution in [0.2, 0.25) is 0 Å². The zero-order valence-electron chi connectivity index (χ0n) is 18.6. The summed E-state index contributed by atoms with van der Waals surface area (Å²) in [5.74, 6) is 1.32. The molecular weight excluding hydrogens is 362 g/mol. The quantitative estimate of drug-likeness (QED) is 0.757. The van der Waals surface area contributed by atoms with Crippen molar-refractivity contribution >= 4 is 11.8 Å². The number of piperidine rings is 2. The van der Waals surface area contributed by atoms with Gasteiger partial charge < -0.3 is 9.80 Å². The highest BCUT2D eigenvalue weighted by Crippen LogP contribution is 2.24. The molecule has 0 aliphatic carbocycles. The van der Waals surface area contributed by atoms with Crippen LogP contribution in [0.1, 0.15) is 67.2 Å². The molecule has 0 saturated carbocycles. The molecule has 2 fully saturated rings. The second-order valence-electron chi connectivity index (χ2n) is 9.42. The highest BCUT2D eigenvalue weighted by atomic mass is 16.2. The van der Waals surface area contributed by atoms with E-state index in [1.54, 1.807) is 29.2 Å². The first-order valence-electron chi connectivity index (χ1n) is 11.2. The number of carbonyl (C=O) groups excluding carboxylic acids is 2. The Kier molecular flexibility index (Phi) is 7.33. The molecule has 160 valence electrons. The third-order valence-electron chi connectivity index (χ3n) is 6.32. The molecule has 2 aliphatic heterocycles. The van der Waals surface area contributed by atoms with Crippen molar-refractivity contribution in [2.24, 2.45) is 11.8 Å². The van der Waals surface area contributed by atoms with E-state index in [0.29, 0.717) is 23.1 Å². The number of carbonyl (C=O) groups is 2. The van der Waals surface area contributed by atoms with Gasteiger partial charge in [-0.25, -0.2) is 0 Å².